The SMILES string of the molecule is CCCCOc1ccc(C2C3=C(CCCC3=O)NC3=C2C(=O)CCC3)cc1OCC. The molecule has 0 bridgehead atoms. The molecule has 0 atom stereocenters. The highest BCUT2D eigenvalue weighted by Crippen LogP contribution is 2.46. The van der Waals surface area contributed by atoms with Crippen LogP contribution in [0.3, 0.4) is 0 Å². The number of carbonyl (C=O) groups is 2. The number of allylic oxidation sites excluding steroid dienone is 4. The number of nitrogens with one attached hydrogen (secondary N) is 1. The van der Waals surface area contributed by atoms with Crippen LogP contribution in [0.25, 0.3) is 0 Å². The summed E-state index contributed by atoms with van der Waals surface area (Å²) in [5.41, 5.74) is 4.50. The fourth-order valence-electron chi connectivity index (χ4n) is 4.73. The lowest BCUT2D eigenvalue weighted by atomic mass is 9.71. The molecule has 1 aromatic carbocycles. The first-order valence-electron chi connectivity index (χ1n) is 11.3. The van der Waals surface area contributed by atoms with Crippen molar-refractivity contribution < 1.29 is 19.1 Å². The summed E-state index contributed by atoms with van der Waals surface area (Å²) in [6, 6.07) is 5.90. The van der Waals surface area contributed by atoms with Gasteiger partial charge in [-0.3, -0.25) is 9.59 Å². The number of unbranched alkanes of at least 4 members (excludes halogenated alkanes) is 1. The van der Waals surface area contributed by atoms with Crippen molar-refractivity contribution in [3.8, 4) is 11.5 Å². The number of hydrogen-bond donors (Lipinski definition) is 1. The molecule has 0 aromatic heterocycles. The van der Waals surface area contributed by atoms with E-state index in [9.17, 15) is 9.59 Å². The van der Waals surface area contributed by atoms with Crippen LogP contribution >= 0.6 is 0 Å². The second kappa shape index (κ2) is 9.07. The second-order valence-corrected chi connectivity index (χ2v) is 8.24. The van der Waals surface area contributed by atoms with Gasteiger partial charge in [0.15, 0.2) is 23.1 Å². The van der Waals surface area contributed by atoms with E-state index >= 15 is 0 Å². The predicted octanol–water partition coefficient (Wildman–Crippen LogP) is 4.97. The minimum Gasteiger partial charge on any atom is -0.490 e. The fourth-order valence-corrected chi connectivity index (χ4v) is 4.73. The Morgan fingerprint density at radius 2 is 1.57 bits per heavy atom. The Kier molecular flexibility index (Phi) is 6.26. The summed E-state index contributed by atoms with van der Waals surface area (Å²) >= 11 is 0. The molecule has 0 radical (unpaired) electrons. The van der Waals surface area contributed by atoms with Gasteiger partial charge >= 0.3 is 0 Å². The molecular weight excluding hydrogens is 378 g/mol. The van der Waals surface area contributed by atoms with Gasteiger partial charge in [-0.15, -0.1) is 0 Å². The van der Waals surface area contributed by atoms with Gasteiger partial charge in [0.05, 0.1) is 13.2 Å². The van der Waals surface area contributed by atoms with E-state index in [0.29, 0.717) is 31.8 Å². The van der Waals surface area contributed by atoms with Crippen LogP contribution in [0.4, 0.5) is 0 Å². The predicted molar refractivity (Wildman–Crippen MR) is 116 cm³/mol. The number of Topliss-reactive ketones (excluding diaryl/α,β-unsaturated/α-hetero) is 2. The Morgan fingerprint density at radius 3 is 2.17 bits per heavy atom. The van der Waals surface area contributed by atoms with Crippen molar-refractivity contribution in [3.63, 3.8) is 0 Å². The minimum absolute atomic E-state index is 0.153. The molecular formula is C25H31NO4. The van der Waals surface area contributed by atoms with E-state index < -0.39 is 0 Å². The molecule has 5 nitrogen and oxygen atoms in total. The molecule has 1 heterocycles. The summed E-state index contributed by atoms with van der Waals surface area (Å²) in [6.07, 6.45) is 6.59. The zero-order chi connectivity index (χ0) is 21.1. The fraction of sp³-hybridized carbons (Fsp3) is 0.520. The molecule has 1 aromatic rings. The van der Waals surface area contributed by atoms with Gasteiger partial charge in [-0.05, 0) is 56.7 Å². The van der Waals surface area contributed by atoms with Gasteiger partial charge in [-0.1, -0.05) is 19.4 Å². The van der Waals surface area contributed by atoms with Crippen LogP contribution in [0.15, 0.2) is 40.7 Å². The summed E-state index contributed by atoms with van der Waals surface area (Å²) in [7, 11) is 0. The molecule has 0 unspecified atom stereocenters. The number of dihydropyridines is 1. The maximum atomic E-state index is 13.0. The Bertz CT molecular complexity index is 870. The number of benzene rings is 1. The lowest BCUT2D eigenvalue weighted by Gasteiger charge is -2.37. The van der Waals surface area contributed by atoms with Crippen molar-refractivity contribution in [1.29, 1.82) is 0 Å². The van der Waals surface area contributed by atoms with Crippen LogP contribution < -0.4 is 14.8 Å². The lowest BCUT2D eigenvalue weighted by Crippen LogP contribution is -2.36. The first-order chi connectivity index (χ1) is 14.6. The third kappa shape index (κ3) is 3.90. The molecule has 0 saturated carbocycles. The maximum absolute atomic E-state index is 13.0. The highest BCUT2D eigenvalue weighted by Gasteiger charge is 2.40. The molecule has 0 spiro atoms. The summed E-state index contributed by atoms with van der Waals surface area (Å²) in [6.45, 7) is 5.25. The molecule has 0 amide bonds. The molecule has 2 aliphatic carbocycles. The highest BCUT2D eigenvalue weighted by molar-refractivity contribution is 6.06. The van der Waals surface area contributed by atoms with E-state index in [2.05, 4.69) is 12.2 Å². The number of carbonyl (C=O) groups excluding carboxylic acids is 2. The highest BCUT2D eigenvalue weighted by atomic mass is 16.5. The van der Waals surface area contributed by atoms with E-state index in [4.69, 9.17) is 9.47 Å². The van der Waals surface area contributed by atoms with Gasteiger partial charge in [-0.2, -0.15) is 0 Å². The van der Waals surface area contributed by atoms with Crippen molar-refractivity contribution in [2.75, 3.05) is 13.2 Å². The Labute approximate surface area is 178 Å². The zero-order valence-electron chi connectivity index (χ0n) is 18.0. The number of hydrogen-bond acceptors (Lipinski definition) is 5. The van der Waals surface area contributed by atoms with E-state index in [0.717, 1.165) is 72.4 Å². The van der Waals surface area contributed by atoms with Crippen molar-refractivity contribution in [2.45, 2.75) is 71.1 Å². The third-order valence-corrected chi connectivity index (χ3v) is 6.15. The average molecular weight is 410 g/mol. The van der Waals surface area contributed by atoms with Crippen molar-refractivity contribution in [3.05, 3.63) is 46.3 Å². The molecule has 30 heavy (non-hydrogen) atoms. The minimum atomic E-state index is -0.305. The average Bonchev–Trinajstić information content (AvgIpc) is 2.74. The summed E-state index contributed by atoms with van der Waals surface area (Å²) in [5.74, 6) is 1.40. The Balaban J connectivity index is 1.78. The van der Waals surface area contributed by atoms with E-state index in [1.54, 1.807) is 0 Å². The summed E-state index contributed by atoms with van der Waals surface area (Å²) in [5, 5.41) is 3.47. The standard InChI is InChI=1S/C25H31NO4/c1-3-5-14-30-21-13-12-16(15-22(21)29-4-2)23-24-17(8-6-10-19(24)27)26-18-9-7-11-20(28)25(18)23/h12-13,15,23,26H,3-11,14H2,1-2H3. The summed E-state index contributed by atoms with van der Waals surface area (Å²) < 4.78 is 11.8. The van der Waals surface area contributed by atoms with Gasteiger partial charge in [-0.25, -0.2) is 0 Å². The Hall–Kier alpha value is -2.56. The number of rotatable bonds is 7. The monoisotopic (exact) mass is 409 g/mol. The van der Waals surface area contributed by atoms with Crippen LogP contribution in [0.5, 0.6) is 11.5 Å². The number of ketones is 2. The summed E-state index contributed by atoms with van der Waals surface area (Å²) in [4.78, 5) is 25.9. The molecule has 4 rings (SSSR count). The topological polar surface area (TPSA) is 64.6 Å². The molecule has 160 valence electrons. The van der Waals surface area contributed by atoms with Crippen LogP contribution in [-0.4, -0.2) is 24.8 Å². The number of ether oxygens (including phenoxy) is 2. The van der Waals surface area contributed by atoms with Gasteiger partial charge in [0.25, 0.3) is 0 Å². The van der Waals surface area contributed by atoms with E-state index in [1.807, 2.05) is 25.1 Å². The van der Waals surface area contributed by atoms with Crippen LogP contribution in [0, 0.1) is 0 Å². The molecule has 1 aliphatic heterocycles. The molecule has 0 fully saturated rings. The molecule has 0 saturated heterocycles. The first-order valence-corrected chi connectivity index (χ1v) is 11.3. The van der Waals surface area contributed by atoms with Crippen LogP contribution in [0.2, 0.25) is 0 Å². The van der Waals surface area contributed by atoms with Crippen LogP contribution in [-0.2, 0) is 9.59 Å². The Morgan fingerprint density at radius 1 is 0.900 bits per heavy atom. The zero-order valence-corrected chi connectivity index (χ0v) is 18.0. The quantitative estimate of drug-likeness (QED) is 0.645. The van der Waals surface area contributed by atoms with E-state index in [1.165, 1.54) is 0 Å². The van der Waals surface area contributed by atoms with Gasteiger partial charge in [0.2, 0.25) is 0 Å². The lowest BCUT2D eigenvalue weighted by molar-refractivity contribution is -0.116. The van der Waals surface area contributed by atoms with Gasteiger partial charge in [0.1, 0.15) is 0 Å². The second-order valence-electron chi connectivity index (χ2n) is 8.24. The molecule has 3 aliphatic rings. The third-order valence-electron chi connectivity index (χ3n) is 6.15. The van der Waals surface area contributed by atoms with Gasteiger partial charge in [0, 0.05) is 41.3 Å². The smallest absolute Gasteiger partial charge is 0.161 e. The molecule has 1 N–H and O–H groups in total. The maximum Gasteiger partial charge on any atom is 0.161 e. The molecule has 5 heteroatoms. The normalized spacial score (nSPS) is 19.4. The van der Waals surface area contributed by atoms with Crippen LogP contribution in [0.1, 0.15) is 76.7 Å². The van der Waals surface area contributed by atoms with Crippen molar-refractivity contribution >= 4 is 11.6 Å². The van der Waals surface area contributed by atoms with Crippen molar-refractivity contribution in [2.24, 2.45) is 0 Å². The van der Waals surface area contributed by atoms with E-state index in [-0.39, 0.29) is 17.5 Å². The first kappa shape index (κ1) is 20.7. The van der Waals surface area contributed by atoms with Gasteiger partial charge < -0.3 is 14.8 Å². The largest absolute Gasteiger partial charge is 0.490 e. The van der Waals surface area contributed by atoms with Crippen molar-refractivity contribution in [1.82, 2.24) is 5.32 Å².